The Labute approximate surface area is 206 Å². The molecule has 2 atom stereocenters. The van der Waals surface area contributed by atoms with Crippen LogP contribution in [0.25, 0.3) is 33.6 Å². The average Bonchev–Trinajstić information content (AvgIpc) is 3.70. The van der Waals surface area contributed by atoms with Crippen molar-refractivity contribution < 1.29 is 0 Å². The Hall–Kier alpha value is -3.26. The van der Waals surface area contributed by atoms with Crippen LogP contribution in [-0.2, 0) is 6.54 Å². The summed E-state index contributed by atoms with van der Waals surface area (Å²) in [5.74, 6) is 2.06. The molecule has 7 nitrogen and oxygen atoms in total. The van der Waals surface area contributed by atoms with Gasteiger partial charge in [-0.1, -0.05) is 36.4 Å². The van der Waals surface area contributed by atoms with Gasteiger partial charge in [0.05, 0.1) is 29.7 Å². The van der Waals surface area contributed by atoms with E-state index in [4.69, 9.17) is 10.7 Å². The predicted molar refractivity (Wildman–Crippen MR) is 140 cm³/mol. The van der Waals surface area contributed by atoms with Gasteiger partial charge in [-0.05, 0) is 74.0 Å². The van der Waals surface area contributed by atoms with Crippen molar-refractivity contribution in [1.29, 1.82) is 0 Å². The molecule has 0 amide bonds. The first-order valence-corrected chi connectivity index (χ1v) is 12.7. The predicted octanol–water partition coefficient (Wildman–Crippen LogP) is 4.75. The zero-order valence-corrected chi connectivity index (χ0v) is 20.2. The van der Waals surface area contributed by atoms with Gasteiger partial charge in [-0.3, -0.25) is 0 Å². The number of aromatic nitrogens is 4. The van der Waals surface area contributed by atoms with Gasteiger partial charge < -0.3 is 26.3 Å². The third-order valence-electron chi connectivity index (χ3n) is 7.39. The molecule has 0 spiro atoms. The molecule has 0 unspecified atom stereocenters. The summed E-state index contributed by atoms with van der Waals surface area (Å²) < 4.78 is 0. The first-order valence-electron chi connectivity index (χ1n) is 12.7. The van der Waals surface area contributed by atoms with Crippen molar-refractivity contribution in [2.45, 2.75) is 51.2 Å². The second-order valence-electron chi connectivity index (χ2n) is 9.73. The zero-order chi connectivity index (χ0) is 23.8. The molecule has 2 fully saturated rings. The first-order chi connectivity index (χ1) is 17.2. The fraction of sp³-hybridized carbons (Fsp3) is 0.357. The molecule has 4 aromatic rings. The molecule has 4 heterocycles. The Kier molecular flexibility index (Phi) is 5.98. The van der Waals surface area contributed by atoms with Gasteiger partial charge in [0.15, 0.2) is 0 Å². The highest BCUT2D eigenvalue weighted by Gasteiger charge is 2.22. The summed E-state index contributed by atoms with van der Waals surface area (Å²) >= 11 is 0. The van der Waals surface area contributed by atoms with Gasteiger partial charge in [0.1, 0.15) is 11.6 Å². The van der Waals surface area contributed by atoms with Gasteiger partial charge >= 0.3 is 0 Å². The topological polar surface area (TPSA) is 107 Å². The van der Waals surface area contributed by atoms with Crippen LogP contribution in [0.15, 0.2) is 48.7 Å². The number of imidazole rings is 2. The molecule has 2 saturated heterocycles. The van der Waals surface area contributed by atoms with Gasteiger partial charge in [0.2, 0.25) is 0 Å². The molecule has 0 bridgehead atoms. The number of aryl methyl sites for hydroxylation is 1. The Morgan fingerprint density at radius 3 is 2.23 bits per heavy atom. The quantitative estimate of drug-likeness (QED) is 0.281. The maximum atomic E-state index is 6.20. The Morgan fingerprint density at radius 2 is 1.54 bits per heavy atom. The molecule has 0 aliphatic carbocycles. The number of nitrogens with zero attached hydrogens (tertiary/aromatic N) is 2. The second kappa shape index (κ2) is 9.41. The monoisotopic (exact) mass is 467 g/mol. The minimum absolute atomic E-state index is 0.321. The smallest absolute Gasteiger partial charge is 0.124 e. The molecule has 0 saturated carbocycles. The van der Waals surface area contributed by atoms with Crippen LogP contribution in [0.1, 0.15) is 60.7 Å². The highest BCUT2D eigenvalue weighted by atomic mass is 15.0. The lowest BCUT2D eigenvalue weighted by atomic mass is 9.96. The van der Waals surface area contributed by atoms with Crippen LogP contribution in [0.5, 0.6) is 0 Å². The third kappa shape index (κ3) is 4.31. The van der Waals surface area contributed by atoms with Gasteiger partial charge in [-0.25, -0.2) is 9.97 Å². The van der Waals surface area contributed by atoms with Crippen LogP contribution in [0.4, 0.5) is 0 Å². The van der Waals surface area contributed by atoms with Crippen molar-refractivity contribution in [1.82, 2.24) is 30.6 Å². The van der Waals surface area contributed by atoms with Crippen LogP contribution in [0.2, 0.25) is 0 Å². The molecular formula is C28H33N7. The van der Waals surface area contributed by atoms with Crippen molar-refractivity contribution in [2.75, 3.05) is 13.1 Å². The molecule has 7 heteroatoms. The van der Waals surface area contributed by atoms with Crippen LogP contribution in [0, 0.1) is 6.92 Å². The third-order valence-corrected chi connectivity index (χ3v) is 7.39. The first kappa shape index (κ1) is 22.2. The SMILES string of the molecule is Cc1[nH]c([C@@H]2CCCN2)nc1-c1ccc(-c2ccc(-c3cnc([C@@H]4CCCN4)[nH]3)cc2)cc1CN. The van der Waals surface area contributed by atoms with Crippen LogP contribution in [-0.4, -0.2) is 33.0 Å². The van der Waals surface area contributed by atoms with E-state index in [-0.39, 0.29) is 0 Å². The highest BCUT2D eigenvalue weighted by molar-refractivity contribution is 5.74. The molecule has 180 valence electrons. The molecule has 2 aromatic heterocycles. The van der Waals surface area contributed by atoms with E-state index in [0.29, 0.717) is 18.6 Å². The summed E-state index contributed by atoms with van der Waals surface area (Å²) in [6.07, 6.45) is 6.61. The lowest BCUT2D eigenvalue weighted by Crippen LogP contribution is -2.14. The van der Waals surface area contributed by atoms with E-state index in [2.05, 4.69) is 75.0 Å². The maximum absolute atomic E-state index is 6.20. The van der Waals surface area contributed by atoms with Crippen LogP contribution >= 0.6 is 0 Å². The molecule has 2 aliphatic heterocycles. The molecular weight excluding hydrogens is 434 g/mol. The van der Waals surface area contributed by atoms with Crippen LogP contribution in [0.3, 0.4) is 0 Å². The molecule has 6 N–H and O–H groups in total. The molecule has 35 heavy (non-hydrogen) atoms. The number of aromatic amines is 2. The Balaban J connectivity index is 1.25. The fourth-order valence-corrected chi connectivity index (χ4v) is 5.42. The largest absolute Gasteiger partial charge is 0.344 e. The van der Waals surface area contributed by atoms with E-state index in [9.17, 15) is 0 Å². The Bertz CT molecular complexity index is 1310. The highest BCUT2D eigenvalue weighted by Crippen LogP contribution is 2.33. The molecule has 2 aromatic carbocycles. The minimum Gasteiger partial charge on any atom is -0.344 e. The number of rotatable bonds is 6. The van der Waals surface area contributed by atoms with Gasteiger partial charge in [0, 0.05) is 17.8 Å². The Morgan fingerprint density at radius 1 is 0.857 bits per heavy atom. The van der Waals surface area contributed by atoms with Gasteiger partial charge in [-0.2, -0.15) is 0 Å². The van der Waals surface area contributed by atoms with E-state index in [0.717, 1.165) is 76.9 Å². The molecule has 2 aliphatic rings. The van der Waals surface area contributed by atoms with E-state index in [1.165, 1.54) is 18.4 Å². The standard InChI is InChI=1S/C28H33N7/c1-17-26(35-28(33-17)24-5-3-13-31-24)22-11-10-20(14-21(22)15-29)18-6-8-19(9-7-18)25-16-32-27(34-25)23-4-2-12-30-23/h6-11,14,16,23-24,30-31H,2-5,12-13,15,29H2,1H3,(H,32,34)(H,33,35)/t23-,24-/m0/s1. The summed E-state index contributed by atoms with van der Waals surface area (Å²) in [4.78, 5) is 16.6. The summed E-state index contributed by atoms with van der Waals surface area (Å²) in [5, 5.41) is 7.03. The number of hydrogen-bond acceptors (Lipinski definition) is 5. The van der Waals surface area contributed by atoms with Crippen LogP contribution < -0.4 is 16.4 Å². The van der Waals surface area contributed by atoms with Gasteiger partial charge in [-0.15, -0.1) is 0 Å². The number of benzene rings is 2. The lowest BCUT2D eigenvalue weighted by molar-refractivity contribution is 0.612. The summed E-state index contributed by atoms with van der Waals surface area (Å²) in [5.41, 5.74) is 15.0. The number of nitrogens with two attached hydrogens (primary N) is 1. The lowest BCUT2D eigenvalue weighted by Gasteiger charge is -2.11. The van der Waals surface area contributed by atoms with Crippen molar-refractivity contribution in [2.24, 2.45) is 5.73 Å². The summed E-state index contributed by atoms with van der Waals surface area (Å²) in [6.45, 7) is 4.69. The van der Waals surface area contributed by atoms with Crippen molar-refractivity contribution in [3.63, 3.8) is 0 Å². The fourth-order valence-electron chi connectivity index (χ4n) is 5.42. The van der Waals surface area contributed by atoms with Crippen molar-refractivity contribution in [3.8, 4) is 33.6 Å². The molecule has 0 radical (unpaired) electrons. The van der Waals surface area contributed by atoms with Gasteiger partial charge in [0.25, 0.3) is 0 Å². The van der Waals surface area contributed by atoms with E-state index < -0.39 is 0 Å². The average molecular weight is 468 g/mol. The number of nitrogens with one attached hydrogen (secondary N) is 4. The van der Waals surface area contributed by atoms with Crippen molar-refractivity contribution in [3.05, 3.63) is 71.6 Å². The molecule has 6 rings (SSSR count). The van der Waals surface area contributed by atoms with Crippen molar-refractivity contribution >= 4 is 0 Å². The maximum Gasteiger partial charge on any atom is 0.124 e. The number of hydrogen-bond donors (Lipinski definition) is 5. The van der Waals surface area contributed by atoms with E-state index in [1.54, 1.807) is 0 Å². The summed E-state index contributed by atoms with van der Waals surface area (Å²) in [6, 6.07) is 15.9. The van der Waals surface area contributed by atoms with E-state index >= 15 is 0 Å². The zero-order valence-electron chi connectivity index (χ0n) is 20.2. The second-order valence-corrected chi connectivity index (χ2v) is 9.73. The number of H-pyrrole nitrogens is 2. The normalized spacial score (nSPS) is 20.1. The minimum atomic E-state index is 0.321. The summed E-state index contributed by atoms with van der Waals surface area (Å²) in [7, 11) is 0. The van der Waals surface area contributed by atoms with E-state index in [1.807, 2.05) is 6.20 Å².